The van der Waals surface area contributed by atoms with Crippen LogP contribution in [0.3, 0.4) is 0 Å². The Labute approximate surface area is 189 Å². The summed E-state index contributed by atoms with van der Waals surface area (Å²) >= 11 is 0. The number of aliphatic hydroxyl groups is 1. The quantitative estimate of drug-likeness (QED) is 0.446. The van der Waals surface area contributed by atoms with Crippen molar-refractivity contribution in [2.75, 3.05) is 0 Å². The molecule has 0 aliphatic rings. The molecule has 0 aliphatic heterocycles. The van der Waals surface area contributed by atoms with E-state index < -0.39 is 15.7 Å². The first-order chi connectivity index (χ1) is 15.3. The van der Waals surface area contributed by atoms with E-state index in [0.717, 1.165) is 22.2 Å². The van der Waals surface area contributed by atoms with Crippen LogP contribution >= 0.6 is 0 Å². The van der Waals surface area contributed by atoms with Crippen molar-refractivity contribution in [2.24, 2.45) is 5.14 Å². The lowest BCUT2D eigenvalue weighted by atomic mass is 9.95. The van der Waals surface area contributed by atoms with E-state index in [1.54, 1.807) is 23.1 Å². The number of nitrogens with two attached hydrogens (primary N) is 1. The van der Waals surface area contributed by atoms with Crippen LogP contribution in [-0.4, -0.2) is 38.8 Å². The minimum Gasteiger partial charge on any atom is -0.390 e. The van der Waals surface area contributed by atoms with Gasteiger partial charge in [-0.2, -0.15) is 5.10 Å². The molecule has 166 valence electrons. The molecule has 32 heavy (non-hydrogen) atoms. The maximum atomic E-state index is 11.8. The molecule has 3 heterocycles. The second kappa shape index (κ2) is 8.85. The highest BCUT2D eigenvalue weighted by atomic mass is 32.2. The fourth-order valence-corrected chi connectivity index (χ4v) is 4.14. The van der Waals surface area contributed by atoms with Gasteiger partial charge in [0.25, 0.3) is 0 Å². The van der Waals surface area contributed by atoms with Crippen molar-refractivity contribution in [2.45, 2.75) is 44.5 Å². The highest BCUT2D eigenvalue weighted by Crippen LogP contribution is 2.29. The zero-order chi connectivity index (χ0) is 22.9. The summed E-state index contributed by atoms with van der Waals surface area (Å²) < 4.78 is 13.1. The van der Waals surface area contributed by atoms with Crippen molar-refractivity contribution in [3.8, 4) is 17.2 Å². The third-order valence-electron chi connectivity index (χ3n) is 5.52. The van der Waals surface area contributed by atoms with Crippen LogP contribution in [0.4, 0.5) is 0 Å². The molecule has 0 aliphatic carbocycles. The summed E-state index contributed by atoms with van der Waals surface area (Å²) in [6, 6.07) is 13.3. The molecule has 0 spiro atoms. The standard InChI is InChI=1S/C23H26N6O2S/c1-15(12-23(2,3)32(24)31)19-9-10-25-22(28-19)16-7-8-17-13-26-29(20(17)11-16)21-6-4-5-18(14-30)27-21/h4-11,13,15,30H,12,14,24H2,1-3H3/t15-,32?/m0/s1. The zero-order valence-electron chi connectivity index (χ0n) is 18.3. The molecule has 0 radical (unpaired) electrons. The van der Waals surface area contributed by atoms with E-state index in [2.05, 4.69) is 22.0 Å². The van der Waals surface area contributed by atoms with Crippen LogP contribution in [0.2, 0.25) is 0 Å². The number of benzene rings is 1. The fourth-order valence-electron chi connectivity index (χ4n) is 3.72. The molecule has 3 aromatic heterocycles. The van der Waals surface area contributed by atoms with Gasteiger partial charge in [0.05, 0.1) is 39.7 Å². The van der Waals surface area contributed by atoms with E-state index >= 15 is 0 Å². The maximum absolute atomic E-state index is 11.8. The molecule has 0 saturated heterocycles. The summed E-state index contributed by atoms with van der Waals surface area (Å²) in [7, 11) is -1.42. The lowest BCUT2D eigenvalue weighted by molar-refractivity contribution is 0.276. The first-order valence-corrected chi connectivity index (χ1v) is 11.5. The number of pyridine rings is 1. The molecule has 0 bridgehead atoms. The van der Waals surface area contributed by atoms with E-state index in [0.29, 0.717) is 23.8 Å². The number of nitrogens with zero attached hydrogens (tertiary/aromatic N) is 5. The zero-order valence-corrected chi connectivity index (χ0v) is 19.1. The molecule has 3 N–H and O–H groups in total. The van der Waals surface area contributed by atoms with Gasteiger partial charge < -0.3 is 5.11 Å². The fraction of sp³-hybridized carbons (Fsp3) is 0.304. The van der Waals surface area contributed by atoms with Crippen LogP contribution in [0.25, 0.3) is 28.1 Å². The van der Waals surface area contributed by atoms with Gasteiger partial charge in [0, 0.05) is 22.8 Å². The Morgan fingerprint density at radius 1 is 1.19 bits per heavy atom. The third-order valence-corrected chi connectivity index (χ3v) is 6.78. The average Bonchev–Trinajstić information content (AvgIpc) is 3.22. The smallest absolute Gasteiger partial charge is 0.159 e. The number of rotatable bonds is 7. The van der Waals surface area contributed by atoms with Gasteiger partial charge in [-0.1, -0.05) is 25.1 Å². The Kier molecular flexibility index (Phi) is 6.14. The van der Waals surface area contributed by atoms with Crippen molar-refractivity contribution in [1.82, 2.24) is 24.7 Å². The molecule has 1 aromatic carbocycles. The number of aromatic nitrogens is 5. The summed E-state index contributed by atoms with van der Waals surface area (Å²) in [5.41, 5.74) is 3.17. The highest BCUT2D eigenvalue weighted by molar-refractivity contribution is 7.84. The third kappa shape index (κ3) is 4.45. The second-order valence-corrected chi connectivity index (χ2v) is 10.1. The van der Waals surface area contributed by atoms with Gasteiger partial charge in [0.15, 0.2) is 11.6 Å². The lowest BCUT2D eigenvalue weighted by Gasteiger charge is -2.24. The van der Waals surface area contributed by atoms with Gasteiger partial charge in [0.2, 0.25) is 0 Å². The van der Waals surface area contributed by atoms with Gasteiger partial charge in [-0.05, 0) is 50.5 Å². The van der Waals surface area contributed by atoms with Crippen LogP contribution in [0.1, 0.15) is 44.5 Å². The Morgan fingerprint density at radius 3 is 2.75 bits per heavy atom. The van der Waals surface area contributed by atoms with Gasteiger partial charge in [0.1, 0.15) is 0 Å². The Balaban J connectivity index is 1.70. The van der Waals surface area contributed by atoms with Crippen molar-refractivity contribution >= 4 is 21.9 Å². The monoisotopic (exact) mass is 450 g/mol. The summed E-state index contributed by atoms with van der Waals surface area (Å²) in [6.45, 7) is 5.72. The van der Waals surface area contributed by atoms with Crippen LogP contribution in [-0.2, 0) is 17.6 Å². The maximum Gasteiger partial charge on any atom is 0.159 e. The van der Waals surface area contributed by atoms with E-state index in [1.807, 2.05) is 50.2 Å². The number of hydrogen-bond acceptors (Lipinski definition) is 6. The molecule has 4 aromatic rings. The van der Waals surface area contributed by atoms with E-state index in [1.165, 1.54) is 0 Å². The molecule has 0 saturated carbocycles. The van der Waals surface area contributed by atoms with Gasteiger partial charge in [-0.15, -0.1) is 0 Å². The van der Waals surface area contributed by atoms with Crippen molar-refractivity contribution in [3.05, 3.63) is 66.2 Å². The summed E-state index contributed by atoms with van der Waals surface area (Å²) in [4.78, 5) is 13.7. The van der Waals surface area contributed by atoms with E-state index in [4.69, 9.17) is 10.1 Å². The first kappa shape index (κ1) is 22.2. The Bertz CT molecular complexity index is 1290. The second-order valence-electron chi connectivity index (χ2n) is 8.44. The molecule has 4 rings (SSSR count). The van der Waals surface area contributed by atoms with Gasteiger partial charge in [-0.25, -0.2) is 23.8 Å². The van der Waals surface area contributed by atoms with Crippen LogP contribution in [0.15, 0.2) is 54.9 Å². The van der Waals surface area contributed by atoms with Crippen LogP contribution in [0.5, 0.6) is 0 Å². The van der Waals surface area contributed by atoms with E-state index in [-0.39, 0.29) is 12.5 Å². The van der Waals surface area contributed by atoms with E-state index in [9.17, 15) is 9.32 Å². The summed E-state index contributed by atoms with van der Waals surface area (Å²) in [6.07, 6.45) is 4.17. The first-order valence-electron chi connectivity index (χ1n) is 10.3. The molecule has 8 nitrogen and oxygen atoms in total. The molecule has 1 unspecified atom stereocenters. The Morgan fingerprint density at radius 2 is 2.00 bits per heavy atom. The van der Waals surface area contributed by atoms with Crippen molar-refractivity contribution in [3.63, 3.8) is 0 Å². The topological polar surface area (TPSA) is 120 Å². The number of hydrogen-bond donors (Lipinski definition) is 2. The molecule has 9 heteroatoms. The van der Waals surface area contributed by atoms with Crippen LogP contribution in [0, 0.1) is 0 Å². The van der Waals surface area contributed by atoms with Crippen molar-refractivity contribution in [1.29, 1.82) is 0 Å². The normalized spacial score (nSPS) is 13.9. The SMILES string of the molecule is C[C@@H](CC(C)(C)S(N)=O)c1ccnc(-c2ccc3cnn(-c4cccc(CO)n4)c3c2)n1. The summed E-state index contributed by atoms with van der Waals surface area (Å²) in [5.74, 6) is 1.30. The minimum absolute atomic E-state index is 0.0685. The van der Waals surface area contributed by atoms with Crippen molar-refractivity contribution < 1.29 is 9.32 Å². The predicted molar refractivity (Wildman–Crippen MR) is 125 cm³/mol. The average molecular weight is 451 g/mol. The molecule has 0 amide bonds. The minimum atomic E-state index is -1.42. The molecule has 0 fully saturated rings. The van der Waals surface area contributed by atoms with Gasteiger partial charge in [-0.3, -0.25) is 5.14 Å². The number of aliphatic hydroxyl groups excluding tert-OH is 1. The molecular formula is C23H26N6O2S. The highest BCUT2D eigenvalue weighted by Gasteiger charge is 2.27. The molecule has 2 atom stereocenters. The largest absolute Gasteiger partial charge is 0.390 e. The molecular weight excluding hydrogens is 424 g/mol. The Hall–Kier alpha value is -3.01. The number of fused-ring (bicyclic) bond motifs is 1. The predicted octanol–water partition coefficient (Wildman–Crippen LogP) is 3.26. The van der Waals surface area contributed by atoms with Crippen LogP contribution < -0.4 is 5.14 Å². The van der Waals surface area contributed by atoms with Gasteiger partial charge >= 0.3 is 0 Å². The summed E-state index contributed by atoms with van der Waals surface area (Å²) in [5, 5.41) is 20.5. The lowest BCUT2D eigenvalue weighted by Crippen LogP contribution is -2.33.